The zero-order chi connectivity index (χ0) is 16.2. The van der Waals surface area contributed by atoms with Crippen LogP contribution < -0.4 is 5.32 Å². The van der Waals surface area contributed by atoms with E-state index < -0.39 is 0 Å². The number of fused-ring (bicyclic) bond motifs is 1. The van der Waals surface area contributed by atoms with Crippen molar-refractivity contribution in [3.8, 4) is 0 Å². The van der Waals surface area contributed by atoms with Crippen molar-refractivity contribution in [2.75, 3.05) is 5.32 Å². The average molecular weight is 327 g/mol. The highest BCUT2D eigenvalue weighted by atomic mass is 32.2. The van der Waals surface area contributed by atoms with Gasteiger partial charge in [0.2, 0.25) is 5.91 Å². The van der Waals surface area contributed by atoms with E-state index in [9.17, 15) is 4.79 Å². The number of carbonyl (C=O) groups is 1. The van der Waals surface area contributed by atoms with Gasteiger partial charge in [-0.25, -0.2) is 4.98 Å². The lowest BCUT2D eigenvalue weighted by molar-refractivity contribution is -0.114. The van der Waals surface area contributed by atoms with Crippen LogP contribution in [-0.2, 0) is 11.2 Å². The summed E-state index contributed by atoms with van der Waals surface area (Å²) in [6, 6.07) is 9.77. The number of nitrogens with one attached hydrogen (secondary N) is 1. The minimum atomic E-state index is -0.0759. The summed E-state index contributed by atoms with van der Waals surface area (Å²) in [6.07, 6.45) is 3.47. The molecule has 0 atom stereocenters. The van der Waals surface area contributed by atoms with Crippen molar-refractivity contribution < 1.29 is 4.79 Å². The number of hydrogen-bond donors (Lipinski definition) is 1. The van der Waals surface area contributed by atoms with Crippen molar-refractivity contribution in [2.24, 2.45) is 0 Å². The Morgan fingerprint density at radius 3 is 2.78 bits per heavy atom. The fourth-order valence-electron chi connectivity index (χ4n) is 2.22. The number of amides is 1. The number of carbonyl (C=O) groups excluding carboxylic acids is 1. The van der Waals surface area contributed by atoms with E-state index >= 15 is 0 Å². The van der Waals surface area contributed by atoms with Crippen LogP contribution in [-0.4, -0.2) is 25.5 Å². The molecule has 3 aromatic rings. The van der Waals surface area contributed by atoms with E-state index in [1.54, 1.807) is 16.3 Å². The molecule has 23 heavy (non-hydrogen) atoms. The van der Waals surface area contributed by atoms with Crippen LogP contribution in [0.15, 0.2) is 46.6 Å². The smallest absolute Gasteiger partial charge is 0.253 e. The molecule has 2 heterocycles. The number of aryl methyl sites for hydroxylation is 1. The predicted octanol–water partition coefficient (Wildman–Crippen LogP) is 3.19. The maximum atomic E-state index is 11.1. The van der Waals surface area contributed by atoms with Crippen molar-refractivity contribution in [3.05, 3.63) is 42.4 Å². The molecule has 0 bridgehead atoms. The topological polar surface area (TPSA) is 72.2 Å². The van der Waals surface area contributed by atoms with E-state index in [-0.39, 0.29) is 5.91 Å². The number of rotatable bonds is 5. The molecule has 0 saturated carbocycles. The quantitative estimate of drug-likeness (QED) is 0.729. The van der Waals surface area contributed by atoms with Gasteiger partial charge in [-0.05, 0) is 36.8 Å². The van der Waals surface area contributed by atoms with Gasteiger partial charge in [-0.3, -0.25) is 4.79 Å². The molecule has 3 rings (SSSR count). The number of aromatic nitrogens is 4. The fourth-order valence-corrected chi connectivity index (χ4v) is 3.14. The van der Waals surface area contributed by atoms with Gasteiger partial charge in [0.1, 0.15) is 11.4 Å². The predicted molar refractivity (Wildman–Crippen MR) is 89.6 cm³/mol. The van der Waals surface area contributed by atoms with Crippen molar-refractivity contribution >= 4 is 29.1 Å². The third-order valence-corrected chi connectivity index (χ3v) is 4.18. The van der Waals surface area contributed by atoms with Crippen LogP contribution in [0.25, 0.3) is 5.78 Å². The highest BCUT2D eigenvalue weighted by Gasteiger charge is 2.09. The lowest BCUT2D eigenvalue weighted by Gasteiger charge is -2.07. The van der Waals surface area contributed by atoms with Crippen molar-refractivity contribution in [3.63, 3.8) is 0 Å². The van der Waals surface area contributed by atoms with Gasteiger partial charge in [0.05, 0.1) is 0 Å². The average Bonchev–Trinajstić information content (AvgIpc) is 2.98. The second-order valence-corrected chi connectivity index (χ2v) is 6.21. The summed E-state index contributed by atoms with van der Waals surface area (Å²) in [5, 5.41) is 7.97. The second-order valence-electron chi connectivity index (χ2n) is 5.12. The Hall–Kier alpha value is -2.41. The Morgan fingerprint density at radius 2 is 2.09 bits per heavy atom. The minimum Gasteiger partial charge on any atom is -0.326 e. The first-order chi connectivity index (χ1) is 11.2. The van der Waals surface area contributed by atoms with Crippen molar-refractivity contribution in [1.82, 2.24) is 19.6 Å². The van der Waals surface area contributed by atoms with E-state index in [2.05, 4.69) is 33.4 Å². The van der Waals surface area contributed by atoms with Gasteiger partial charge < -0.3 is 5.32 Å². The van der Waals surface area contributed by atoms with Gasteiger partial charge in [0, 0.05) is 23.2 Å². The minimum absolute atomic E-state index is 0.0759. The van der Waals surface area contributed by atoms with Crippen LogP contribution >= 0.6 is 11.8 Å². The summed E-state index contributed by atoms with van der Waals surface area (Å²) < 4.78 is 1.74. The maximum Gasteiger partial charge on any atom is 0.253 e. The van der Waals surface area contributed by atoms with Crippen LogP contribution in [0.5, 0.6) is 0 Å². The first-order valence-corrected chi connectivity index (χ1v) is 8.22. The molecule has 1 aromatic carbocycles. The number of benzene rings is 1. The zero-order valence-corrected chi connectivity index (χ0v) is 13.8. The van der Waals surface area contributed by atoms with Gasteiger partial charge in [-0.2, -0.15) is 14.6 Å². The SMILES string of the molecule is CCCc1cc(Sc2ccc(NC(C)=O)cc2)n2ncnc2n1. The first kappa shape index (κ1) is 15.5. The van der Waals surface area contributed by atoms with Crippen LogP contribution in [0.1, 0.15) is 26.0 Å². The molecule has 0 saturated heterocycles. The molecule has 7 heteroatoms. The van der Waals surface area contributed by atoms with Gasteiger partial charge in [0.25, 0.3) is 5.78 Å². The molecule has 2 aromatic heterocycles. The Balaban J connectivity index is 1.88. The standard InChI is InChI=1S/C16H17N5OS/c1-3-4-13-9-15(21-16(20-13)17-10-18-21)23-14-7-5-12(6-8-14)19-11(2)22/h5-10H,3-4H2,1-2H3,(H,19,22). The molecule has 6 nitrogen and oxygen atoms in total. The van der Waals surface area contributed by atoms with Gasteiger partial charge >= 0.3 is 0 Å². The molecular weight excluding hydrogens is 310 g/mol. The normalized spacial score (nSPS) is 10.9. The lowest BCUT2D eigenvalue weighted by Crippen LogP contribution is -2.05. The summed E-state index contributed by atoms with van der Waals surface area (Å²) in [7, 11) is 0. The molecule has 0 aliphatic rings. The Labute approximate surface area is 138 Å². The summed E-state index contributed by atoms with van der Waals surface area (Å²) in [4.78, 5) is 20.8. The lowest BCUT2D eigenvalue weighted by atomic mass is 10.2. The molecule has 0 aliphatic carbocycles. The van der Waals surface area contributed by atoms with Gasteiger partial charge in [-0.15, -0.1) is 0 Å². The van der Waals surface area contributed by atoms with Crippen LogP contribution in [0.3, 0.4) is 0 Å². The highest BCUT2D eigenvalue weighted by molar-refractivity contribution is 7.99. The molecule has 0 unspecified atom stereocenters. The van der Waals surface area contributed by atoms with Gasteiger partial charge in [0.15, 0.2) is 0 Å². The van der Waals surface area contributed by atoms with E-state index in [1.165, 1.54) is 13.3 Å². The number of nitrogens with zero attached hydrogens (tertiary/aromatic N) is 4. The second kappa shape index (κ2) is 6.78. The molecule has 118 valence electrons. The number of hydrogen-bond acceptors (Lipinski definition) is 5. The molecule has 0 spiro atoms. The molecule has 0 aliphatic heterocycles. The Morgan fingerprint density at radius 1 is 1.30 bits per heavy atom. The summed E-state index contributed by atoms with van der Waals surface area (Å²) in [5.41, 5.74) is 1.81. The zero-order valence-electron chi connectivity index (χ0n) is 13.0. The van der Waals surface area contributed by atoms with Crippen LogP contribution in [0.2, 0.25) is 0 Å². The summed E-state index contributed by atoms with van der Waals surface area (Å²) >= 11 is 1.60. The fraction of sp³-hybridized carbons (Fsp3) is 0.250. The third-order valence-electron chi connectivity index (χ3n) is 3.18. The Kier molecular flexibility index (Phi) is 4.57. The molecule has 1 amide bonds. The van der Waals surface area contributed by atoms with Crippen LogP contribution in [0.4, 0.5) is 5.69 Å². The molecule has 1 N–H and O–H groups in total. The van der Waals surface area contributed by atoms with E-state index in [0.717, 1.165) is 34.1 Å². The van der Waals surface area contributed by atoms with E-state index in [1.807, 2.05) is 24.3 Å². The monoisotopic (exact) mass is 327 g/mol. The Bertz CT molecular complexity index is 828. The highest BCUT2D eigenvalue weighted by Crippen LogP contribution is 2.29. The molecule has 0 radical (unpaired) electrons. The first-order valence-electron chi connectivity index (χ1n) is 7.41. The molecule has 0 fully saturated rings. The van der Waals surface area contributed by atoms with E-state index in [4.69, 9.17) is 0 Å². The largest absolute Gasteiger partial charge is 0.326 e. The summed E-state index contributed by atoms with van der Waals surface area (Å²) in [6.45, 7) is 3.62. The molecular formula is C16H17N5OS. The van der Waals surface area contributed by atoms with Gasteiger partial charge in [-0.1, -0.05) is 25.1 Å². The summed E-state index contributed by atoms with van der Waals surface area (Å²) in [5.74, 6) is 0.543. The van der Waals surface area contributed by atoms with Crippen LogP contribution in [0, 0.1) is 0 Å². The maximum absolute atomic E-state index is 11.1. The third kappa shape index (κ3) is 3.68. The van der Waals surface area contributed by atoms with E-state index in [0.29, 0.717) is 5.78 Å². The van der Waals surface area contributed by atoms with Crippen molar-refractivity contribution in [1.29, 1.82) is 0 Å². The number of anilines is 1. The van der Waals surface area contributed by atoms with Crippen molar-refractivity contribution in [2.45, 2.75) is 36.6 Å².